The molecule has 0 unspecified atom stereocenters. The molecule has 1 aliphatic rings. The predicted molar refractivity (Wildman–Crippen MR) is 42.3 cm³/mol. The molecule has 0 aromatic carbocycles. The van der Waals surface area contributed by atoms with Crippen LogP contribution >= 0.6 is 0 Å². The van der Waals surface area contributed by atoms with Gasteiger partial charge in [0.05, 0.1) is 0 Å². The van der Waals surface area contributed by atoms with Crippen LogP contribution in [0.5, 0.6) is 0 Å². The zero-order valence-electron chi connectivity index (χ0n) is 6.93. The largest absolute Gasteiger partial charge is 0.375 e. The van der Waals surface area contributed by atoms with Crippen LogP contribution in [0.2, 0.25) is 0 Å². The Balaban J connectivity index is 2.13. The van der Waals surface area contributed by atoms with Gasteiger partial charge in [-0.2, -0.15) is 0 Å². The third-order valence-electron chi connectivity index (χ3n) is 2.00. The molecule has 1 fully saturated rings. The molecule has 3 heteroatoms. The van der Waals surface area contributed by atoms with Crippen LogP contribution in [0.15, 0.2) is 0 Å². The van der Waals surface area contributed by atoms with Crippen molar-refractivity contribution in [2.75, 3.05) is 13.7 Å². The molecule has 0 heterocycles. The van der Waals surface area contributed by atoms with Crippen molar-refractivity contribution in [3.63, 3.8) is 0 Å². The number of hydrogen-bond donors (Lipinski definition) is 1. The fourth-order valence-electron chi connectivity index (χ4n) is 1.47. The molecule has 64 valence electrons. The molecule has 0 aromatic rings. The van der Waals surface area contributed by atoms with Crippen molar-refractivity contribution in [1.29, 1.82) is 0 Å². The second-order valence-corrected chi connectivity index (χ2v) is 2.98. The third-order valence-corrected chi connectivity index (χ3v) is 2.00. The molecule has 0 atom stereocenters. The lowest BCUT2D eigenvalue weighted by molar-refractivity contribution is -0.125. The first kappa shape index (κ1) is 8.53. The summed E-state index contributed by atoms with van der Waals surface area (Å²) in [6, 6.07) is 0.414. The number of amides is 1. The molecule has 0 aromatic heterocycles. The molecule has 0 radical (unpaired) electrons. The van der Waals surface area contributed by atoms with Crippen molar-refractivity contribution in [3.05, 3.63) is 0 Å². The fraction of sp³-hybridized carbons (Fsp3) is 0.875. The lowest BCUT2D eigenvalue weighted by Gasteiger charge is -2.10. The second kappa shape index (κ2) is 4.34. The Morgan fingerprint density at radius 2 is 2.18 bits per heavy atom. The molecule has 1 N–H and O–H groups in total. The van der Waals surface area contributed by atoms with E-state index < -0.39 is 0 Å². The normalized spacial score (nSPS) is 18.6. The van der Waals surface area contributed by atoms with E-state index in [9.17, 15) is 4.79 Å². The molecule has 0 saturated heterocycles. The number of nitrogens with one attached hydrogen (secondary N) is 1. The van der Waals surface area contributed by atoms with E-state index in [0.29, 0.717) is 6.04 Å². The molecule has 3 nitrogen and oxygen atoms in total. The monoisotopic (exact) mass is 157 g/mol. The number of methoxy groups -OCH3 is 1. The number of carbonyl (C=O) groups is 1. The van der Waals surface area contributed by atoms with Gasteiger partial charge >= 0.3 is 0 Å². The van der Waals surface area contributed by atoms with Crippen LogP contribution in [0.4, 0.5) is 0 Å². The van der Waals surface area contributed by atoms with Crippen molar-refractivity contribution in [3.8, 4) is 0 Å². The van der Waals surface area contributed by atoms with Crippen molar-refractivity contribution >= 4 is 5.91 Å². The van der Waals surface area contributed by atoms with E-state index in [1.165, 1.54) is 20.0 Å². The highest BCUT2D eigenvalue weighted by Crippen LogP contribution is 2.17. The van der Waals surface area contributed by atoms with E-state index in [1.54, 1.807) is 0 Å². The summed E-state index contributed by atoms with van der Waals surface area (Å²) in [6.07, 6.45) is 4.76. The summed E-state index contributed by atoms with van der Waals surface area (Å²) in [5, 5.41) is 2.92. The summed E-state index contributed by atoms with van der Waals surface area (Å²) in [6.45, 7) is 0.191. The van der Waals surface area contributed by atoms with Gasteiger partial charge in [0.1, 0.15) is 6.61 Å². The summed E-state index contributed by atoms with van der Waals surface area (Å²) in [5.41, 5.74) is 0. The van der Waals surface area contributed by atoms with Crippen LogP contribution in [0, 0.1) is 0 Å². The highest BCUT2D eigenvalue weighted by atomic mass is 16.5. The maximum atomic E-state index is 11.0. The first-order chi connectivity index (χ1) is 5.33. The molecule has 1 saturated carbocycles. The Labute approximate surface area is 67.1 Å². The highest BCUT2D eigenvalue weighted by molar-refractivity contribution is 5.77. The first-order valence-electron chi connectivity index (χ1n) is 4.11. The molecule has 1 aliphatic carbocycles. The van der Waals surface area contributed by atoms with Gasteiger partial charge in [-0.1, -0.05) is 12.8 Å². The van der Waals surface area contributed by atoms with E-state index >= 15 is 0 Å². The van der Waals surface area contributed by atoms with Crippen molar-refractivity contribution in [2.45, 2.75) is 31.7 Å². The topological polar surface area (TPSA) is 38.3 Å². The Hall–Kier alpha value is -0.570. The maximum absolute atomic E-state index is 11.0. The van der Waals surface area contributed by atoms with Gasteiger partial charge < -0.3 is 10.1 Å². The zero-order valence-corrected chi connectivity index (χ0v) is 6.93. The summed E-state index contributed by atoms with van der Waals surface area (Å²) in [5.74, 6) is 0.0133. The smallest absolute Gasteiger partial charge is 0.246 e. The van der Waals surface area contributed by atoms with Crippen LogP contribution in [0.1, 0.15) is 25.7 Å². The van der Waals surface area contributed by atoms with Gasteiger partial charge in [0.15, 0.2) is 0 Å². The van der Waals surface area contributed by atoms with E-state index in [0.717, 1.165) is 12.8 Å². The summed E-state index contributed by atoms with van der Waals surface area (Å²) in [4.78, 5) is 11.0. The van der Waals surface area contributed by atoms with Crippen LogP contribution in [-0.2, 0) is 9.53 Å². The van der Waals surface area contributed by atoms with Gasteiger partial charge in [0.2, 0.25) is 5.91 Å². The number of hydrogen-bond acceptors (Lipinski definition) is 2. The molecular formula is C8H15NO2. The fourth-order valence-corrected chi connectivity index (χ4v) is 1.47. The average Bonchev–Trinajstić information content (AvgIpc) is 2.40. The number of ether oxygens (including phenoxy) is 1. The quantitative estimate of drug-likeness (QED) is 0.654. The Morgan fingerprint density at radius 1 is 1.55 bits per heavy atom. The summed E-state index contributed by atoms with van der Waals surface area (Å²) in [7, 11) is 1.54. The SMILES string of the molecule is COCC(=O)NC1CCCC1. The molecule has 0 aliphatic heterocycles. The standard InChI is InChI=1S/C8H15NO2/c1-11-6-8(10)9-7-4-2-3-5-7/h7H,2-6H2,1H3,(H,9,10). The summed E-state index contributed by atoms with van der Waals surface area (Å²) >= 11 is 0. The average molecular weight is 157 g/mol. The van der Waals surface area contributed by atoms with Gasteiger partial charge in [0, 0.05) is 13.2 Å². The van der Waals surface area contributed by atoms with Crippen molar-refractivity contribution in [1.82, 2.24) is 5.32 Å². The van der Waals surface area contributed by atoms with Crippen LogP contribution < -0.4 is 5.32 Å². The first-order valence-corrected chi connectivity index (χ1v) is 4.11. The highest BCUT2D eigenvalue weighted by Gasteiger charge is 2.16. The molecular weight excluding hydrogens is 142 g/mol. The number of rotatable bonds is 3. The Morgan fingerprint density at radius 3 is 2.73 bits per heavy atom. The molecule has 1 rings (SSSR count). The van der Waals surface area contributed by atoms with Crippen molar-refractivity contribution < 1.29 is 9.53 Å². The molecule has 0 bridgehead atoms. The van der Waals surface area contributed by atoms with E-state index in [2.05, 4.69) is 5.32 Å². The molecule has 1 amide bonds. The van der Waals surface area contributed by atoms with Crippen LogP contribution in [-0.4, -0.2) is 25.7 Å². The molecule has 0 spiro atoms. The Bertz CT molecular complexity index is 130. The predicted octanol–water partition coefficient (Wildman–Crippen LogP) is 0.692. The van der Waals surface area contributed by atoms with Gasteiger partial charge in [-0.25, -0.2) is 0 Å². The maximum Gasteiger partial charge on any atom is 0.246 e. The minimum absolute atomic E-state index is 0.0133. The van der Waals surface area contributed by atoms with Gasteiger partial charge in [0.25, 0.3) is 0 Å². The minimum atomic E-state index is 0.0133. The van der Waals surface area contributed by atoms with Crippen LogP contribution in [0.25, 0.3) is 0 Å². The van der Waals surface area contributed by atoms with E-state index in [-0.39, 0.29) is 12.5 Å². The van der Waals surface area contributed by atoms with Crippen molar-refractivity contribution in [2.24, 2.45) is 0 Å². The van der Waals surface area contributed by atoms with E-state index in [1.807, 2.05) is 0 Å². The zero-order chi connectivity index (χ0) is 8.10. The summed E-state index contributed by atoms with van der Waals surface area (Å²) < 4.78 is 4.70. The second-order valence-electron chi connectivity index (χ2n) is 2.98. The molecule has 11 heavy (non-hydrogen) atoms. The number of carbonyl (C=O) groups excluding carboxylic acids is 1. The van der Waals surface area contributed by atoms with Gasteiger partial charge in [-0.3, -0.25) is 4.79 Å². The van der Waals surface area contributed by atoms with Gasteiger partial charge in [-0.15, -0.1) is 0 Å². The third kappa shape index (κ3) is 2.89. The lowest BCUT2D eigenvalue weighted by atomic mass is 10.2. The van der Waals surface area contributed by atoms with E-state index in [4.69, 9.17) is 4.74 Å². The van der Waals surface area contributed by atoms with Gasteiger partial charge in [-0.05, 0) is 12.8 Å². The Kier molecular flexibility index (Phi) is 3.36. The van der Waals surface area contributed by atoms with Crippen LogP contribution in [0.3, 0.4) is 0 Å². The lowest BCUT2D eigenvalue weighted by Crippen LogP contribution is -2.34. The minimum Gasteiger partial charge on any atom is -0.375 e.